The number of aliphatic hydroxyl groups excluding tert-OH is 1. The lowest BCUT2D eigenvalue weighted by molar-refractivity contribution is 0.000334. The monoisotopic (exact) mass is 173 g/mol. The molecule has 0 spiro atoms. The predicted molar refractivity (Wildman–Crippen MR) is 48.2 cm³/mol. The fourth-order valence-electron chi connectivity index (χ4n) is 1.53. The maximum absolute atomic E-state index is 8.84. The van der Waals surface area contributed by atoms with Crippen LogP contribution in [0, 0.1) is 0 Å². The van der Waals surface area contributed by atoms with Gasteiger partial charge in [0.2, 0.25) is 0 Å². The quantitative estimate of drug-likeness (QED) is 0.671. The van der Waals surface area contributed by atoms with E-state index >= 15 is 0 Å². The molecule has 12 heavy (non-hydrogen) atoms. The minimum absolute atomic E-state index is 0.0975. The molecule has 0 aromatic carbocycles. The van der Waals surface area contributed by atoms with Gasteiger partial charge in [-0.15, -0.1) is 0 Å². The normalized spacial score (nSPS) is 30.0. The molecule has 1 saturated heterocycles. The van der Waals surface area contributed by atoms with Gasteiger partial charge in [-0.05, 0) is 26.4 Å². The number of nitrogens with zero attached hydrogens (tertiary/aromatic N) is 1. The zero-order valence-corrected chi connectivity index (χ0v) is 7.99. The third-order valence-electron chi connectivity index (χ3n) is 2.45. The van der Waals surface area contributed by atoms with E-state index in [2.05, 4.69) is 18.9 Å². The van der Waals surface area contributed by atoms with Gasteiger partial charge in [-0.25, -0.2) is 0 Å². The van der Waals surface area contributed by atoms with Crippen molar-refractivity contribution < 1.29 is 9.84 Å². The molecule has 2 atom stereocenters. The highest BCUT2D eigenvalue weighted by atomic mass is 16.5. The first kappa shape index (κ1) is 9.96. The van der Waals surface area contributed by atoms with Crippen LogP contribution in [0.3, 0.4) is 0 Å². The number of rotatable bonds is 4. The van der Waals surface area contributed by atoms with Crippen LogP contribution in [-0.4, -0.2) is 49.0 Å². The number of hydrogen-bond donors (Lipinski definition) is 1. The fraction of sp³-hybridized carbons (Fsp3) is 1.00. The lowest BCUT2D eigenvalue weighted by Crippen LogP contribution is -2.29. The Morgan fingerprint density at radius 3 is 2.58 bits per heavy atom. The van der Waals surface area contributed by atoms with Gasteiger partial charge >= 0.3 is 0 Å². The van der Waals surface area contributed by atoms with Crippen LogP contribution in [0.15, 0.2) is 0 Å². The number of ether oxygens (including phenoxy) is 1. The van der Waals surface area contributed by atoms with Crippen LogP contribution in [0.5, 0.6) is 0 Å². The van der Waals surface area contributed by atoms with Crippen molar-refractivity contribution in [3.63, 3.8) is 0 Å². The van der Waals surface area contributed by atoms with E-state index in [-0.39, 0.29) is 12.7 Å². The van der Waals surface area contributed by atoms with Gasteiger partial charge < -0.3 is 14.7 Å². The zero-order chi connectivity index (χ0) is 8.97. The summed E-state index contributed by atoms with van der Waals surface area (Å²) in [5.41, 5.74) is 0. The highest BCUT2D eigenvalue weighted by Crippen LogP contribution is 2.19. The predicted octanol–water partition coefficient (Wildman–Crippen LogP) is 0.478. The van der Waals surface area contributed by atoms with Gasteiger partial charge in [-0.2, -0.15) is 0 Å². The Morgan fingerprint density at radius 2 is 2.08 bits per heavy atom. The van der Waals surface area contributed by atoms with Crippen LogP contribution in [0.4, 0.5) is 0 Å². The number of hydrogen-bond acceptors (Lipinski definition) is 3. The third kappa shape index (κ3) is 2.73. The second kappa shape index (κ2) is 4.80. The largest absolute Gasteiger partial charge is 0.394 e. The molecule has 1 fully saturated rings. The van der Waals surface area contributed by atoms with Gasteiger partial charge in [0.25, 0.3) is 0 Å². The topological polar surface area (TPSA) is 32.7 Å². The smallest absolute Gasteiger partial charge is 0.0811 e. The summed E-state index contributed by atoms with van der Waals surface area (Å²) in [5, 5.41) is 8.84. The molecule has 1 N–H and O–H groups in total. The van der Waals surface area contributed by atoms with Crippen LogP contribution in [0.1, 0.15) is 19.8 Å². The van der Waals surface area contributed by atoms with Crippen LogP contribution in [-0.2, 0) is 4.74 Å². The molecular formula is C9H19NO2. The Hall–Kier alpha value is -0.120. The molecular weight excluding hydrogens is 154 g/mol. The Balaban J connectivity index is 2.18. The molecule has 72 valence electrons. The molecule has 0 radical (unpaired) electrons. The standard InChI is InChI=1S/C9H19NO2/c1-3-10(2)6-8-4-5-9(7-11)12-8/h8-9,11H,3-7H2,1-2H3. The summed E-state index contributed by atoms with van der Waals surface area (Å²) in [4.78, 5) is 2.24. The number of likely N-dealkylation sites (N-methyl/N-ethyl adjacent to an activating group) is 1. The van der Waals surface area contributed by atoms with E-state index in [4.69, 9.17) is 9.84 Å². The molecule has 2 unspecified atom stereocenters. The van der Waals surface area contributed by atoms with E-state index < -0.39 is 0 Å². The van der Waals surface area contributed by atoms with Crippen LogP contribution < -0.4 is 0 Å². The average Bonchev–Trinajstić information content (AvgIpc) is 2.52. The molecule has 0 aliphatic carbocycles. The van der Waals surface area contributed by atoms with Gasteiger partial charge in [-0.3, -0.25) is 0 Å². The summed E-state index contributed by atoms with van der Waals surface area (Å²) >= 11 is 0. The lowest BCUT2D eigenvalue weighted by atomic mass is 10.2. The maximum Gasteiger partial charge on any atom is 0.0811 e. The molecule has 1 aliphatic rings. The van der Waals surface area contributed by atoms with E-state index in [0.717, 1.165) is 25.9 Å². The molecule has 3 heteroatoms. The van der Waals surface area contributed by atoms with Crippen molar-refractivity contribution in [2.45, 2.75) is 32.0 Å². The highest BCUT2D eigenvalue weighted by Gasteiger charge is 2.24. The van der Waals surface area contributed by atoms with Crippen LogP contribution in [0.25, 0.3) is 0 Å². The second-order valence-corrected chi connectivity index (χ2v) is 3.49. The van der Waals surface area contributed by atoms with Gasteiger partial charge in [0.05, 0.1) is 18.8 Å². The summed E-state index contributed by atoms with van der Waals surface area (Å²) in [6, 6.07) is 0. The van der Waals surface area contributed by atoms with Gasteiger partial charge in [0, 0.05) is 6.54 Å². The van der Waals surface area contributed by atoms with E-state index in [1.54, 1.807) is 0 Å². The molecule has 0 aromatic heterocycles. The van der Waals surface area contributed by atoms with Gasteiger partial charge in [-0.1, -0.05) is 6.92 Å². The van der Waals surface area contributed by atoms with Crippen molar-refractivity contribution in [3.05, 3.63) is 0 Å². The van der Waals surface area contributed by atoms with Crippen molar-refractivity contribution in [3.8, 4) is 0 Å². The zero-order valence-electron chi connectivity index (χ0n) is 7.99. The minimum Gasteiger partial charge on any atom is -0.394 e. The summed E-state index contributed by atoms with van der Waals surface area (Å²) < 4.78 is 5.59. The Morgan fingerprint density at radius 1 is 1.42 bits per heavy atom. The maximum atomic E-state index is 8.84. The van der Waals surface area contributed by atoms with Crippen molar-refractivity contribution in [2.24, 2.45) is 0 Å². The third-order valence-corrected chi connectivity index (χ3v) is 2.45. The summed E-state index contributed by atoms with van der Waals surface area (Å²) in [7, 11) is 2.09. The SMILES string of the molecule is CCN(C)CC1CCC(CO)O1. The van der Waals surface area contributed by atoms with Crippen molar-refractivity contribution >= 4 is 0 Å². The first-order valence-corrected chi connectivity index (χ1v) is 4.71. The fourth-order valence-corrected chi connectivity index (χ4v) is 1.53. The molecule has 0 saturated carbocycles. The second-order valence-electron chi connectivity index (χ2n) is 3.49. The minimum atomic E-state index is 0.0975. The summed E-state index contributed by atoms with van der Waals surface area (Å²) in [6.07, 6.45) is 2.54. The Kier molecular flexibility index (Phi) is 3.98. The van der Waals surface area contributed by atoms with Gasteiger partial charge in [0.1, 0.15) is 0 Å². The van der Waals surface area contributed by atoms with Crippen molar-refractivity contribution in [1.82, 2.24) is 4.90 Å². The van der Waals surface area contributed by atoms with E-state index in [1.807, 2.05) is 0 Å². The molecule has 1 rings (SSSR count). The Labute approximate surface area is 74.3 Å². The molecule has 3 nitrogen and oxygen atoms in total. The summed E-state index contributed by atoms with van der Waals surface area (Å²) in [6.45, 7) is 4.36. The van der Waals surface area contributed by atoms with E-state index in [0.29, 0.717) is 6.10 Å². The first-order valence-electron chi connectivity index (χ1n) is 4.71. The first-order chi connectivity index (χ1) is 5.76. The molecule has 0 bridgehead atoms. The van der Waals surface area contributed by atoms with E-state index in [1.165, 1.54) is 0 Å². The van der Waals surface area contributed by atoms with Crippen molar-refractivity contribution in [2.75, 3.05) is 26.7 Å². The average molecular weight is 173 g/mol. The van der Waals surface area contributed by atoms with Crippen molar-refractivity contribution in [1.29, 1.82) is 0 Å². The summed E-state index contributed by atoms with van der Waals surface area (Å²) in [5.74, 6) is 0. The molecule has 1 heterocycles. The van der Waals surface area contributed by atoms with E-state index in [9.17, 15) is 0 Å². The lowest BCUT2D eigenvalue weighted by Gasteiger charge is -2.19. The highest BCUT2D eigenvalue weighted by molar-refractivity contribution is 4.74. The Bertz CT molecular complexity index is 130. The molecule has 0 aromatic rings. The number of aliphatic hydroxyl groups is 1. The van der Waals surface area contributed by atoms with Gasteiger partial charge in [0.15, 0.2) is 0 Å². The van der Waals surface area contributed by atoms with Crippen LogP contribution >= 0.6 is 0 Å². The molecule has 1 aliphatic heterocycles. The molecule has 0 amide bonds. The van der Waals surface area contributed by atoms with Crippen LogP contribution in [0.2, 0.25) is 0 Å².